The molecule has 1 atom stereocenters. The van der Waals surface area contributed by atoms with Crippen LogP contribution in [0.15, 0.2) is 36.5 Å². The summed E-state index contributed by atoms with van der Waals surface area (Å²) in [6.07, 6.45) is 3.30. The third-order valence-electron chi connectivity index (χ3n) is 6.09. The molecule has 33 heavy (non-hydrogen) atoms. The fourth-order valence-corrected chi connectivity index (χ4v) is 5.13. The molecule has 178 valence electrons. The zero-order chi connectivity index (χ0) is 24.0. The van der Waals surface area contributed by atoms with Crippen LogP contribution in [0.25, 0.3) is 0 Å². The molecule has 3 rings (SSSR count). The number of carboxylic acids is 1. The normalized spacial score (nSPS) is 12.6. The first-order valence-corrected chi connectivity index (χ1v) is 12.0. The molecule has 0 radical (unpaired) electrons. The quantitative estimate of drug-likeness (QED) is 0.390. The summed E-state index contributed by atoms with van der Waals surface area (Å²) in [4.78, 5) is 14.3. The summed E-state index contributed by atoms with van der Waals surface area (Å²) in [7, 11) is 1.65. The van der Waals surface area contributed by atoms with Crippen molar-refractivity contribution < 1.29 is 19.4 Å². The lowest BCUT2D eigenvalue weighted by atomic mass is 9.75. The van der Waals surface area contributed by atoms with Crippen LogP contribution >= 0.6 is 11.3 Å². The Morgan fingerprint density at radius 3 is 2.58 bits per heavy atom. The van der Waals surface area contributed by atoms with Gasteiger partial charge in [-0.2, -0.15) is 0 Å². The summed E-state index contributed by atoms with van der Waals surface area (Å²) in [6, 6.07) is 9.94. The molecule has 0 amide bonds. The zero-order valence-corrected chi connectivity index (χ0v) is 20.8. The second-order valence-electron chi connectivity index (χ2n) is 8.75. The highest BCUT2D eigenvalue weighted by atomic mass is 32.1. The van der Waals surface area contributed by atoms with Crippen molar-refractivity contribution in [1.82, 2.24) is 15.0 Å². The lowest BCUT2D eigenvalue weighted by molar-refractivity contribution is -0.148. The van der Waals surface area contributed by atoms with Gasteiger partial charge in [-0.3, -0.25) is 9.48 Å². The molecule has 0 saturated heterocycles. The summed E-state index contributed by atoms with van der Waals surface area (Å²) in [5.74, 6) is -0.115. The predicted octanol–water partition coefficient (Wildman–Crippen LogP) is 5.22. The van der Waals surface area contributed by atoms with Crippen LogP contribution in [0.5, 0.6) is 5.75 Å². The Hall–Kier alpha value is -2.71. The van der Waals surface area contributed by atoms with E-state index in [0.29, 0.717) is 26.1 Å². The minimum Gasteiger partial charge on any atom is -0.497 e. The Balaban J connectivity index is 1.70. The molecule has 0 fully saturated rings. The van der Waals surface area contributed by atoms with E-state index in [-0.39, 0.29) is 5.92 Å². The van der Waals surface area contributed by atoms with Crippen LogP contribution in [0.4, 0.5) is 0 Å². The van der Waals surface area contributed by atoms with Crippen molar-refractivity contribution in [3.05, 3.63) is 63.1 Å². The van der Waals surface area contributed by atoms with Gasteiger partial charge in [0.15, 0.2) is 0 Å². The maximum Gasteiger partial charge on any atom is 0.309 e. The van der Waals surface area contributed by atoms with Gasteiger partial charge in [-0.05, 0) is 69.9 Å². The number of methoxy groups -OCH3 is 1. The van der Waals surface area contributed by atoms with E-state index in [4.69, 9.17) is 9.47 Å². The molecule has 7 nitrogen and oxygen atoms in total. The second-order valence-corrected chi connectivity index (χ2v) is 10.0. The van der Waals surface area contributed by atoms with Gasteiger partial charge < -0.3 is 14.6 Å². The highest BCUT2D eigenvalue weighted by Gasteiger charge is 2.38. The van der Waals surface area contributed by atoms with Gasteiger partial charge in [0.2, 0.25) is 0 Å². The first kappa shape index (κ1) is 24.9. The molecular weight excluding hydrogens is 438 g/mol. The lowest BCUT2D eigenvalue weighted by Crippen LogP contribution is -2.31. The molecule has 2 aromatic heterocycles. The highest BCUT2D eigenvalue weighted by molar-refractivity contribution is 7.12. The molecule has 0 saturated carbocycles. The average molecular weight is 472 g/mol. The Morgan fingerprint density at radius 2 is 1.97 bits per heavy atom. The molecule has 1 aromatic carbocycles. The number of hydrogen-bond donors (Lipinski definition) is 1. The maximum atomic E-state index is 12.1. The molecule has 0 bridgehead atoms. The SMILES string of the molecule is CCn1cc(CC[C@H](c2cc(COCc3ccc(OC)cc3)c(C)s2)C(C)(C)C(=O)O)nn1. The van der Waals surface area contributed by atoms with Crippen LogP contribution in [0.3, 0.4) is 0 Å². The Morgan fingerprint density at radius 1 is 1.24 bits per heavy atom. The number of aromatic nitrogens is 3. The Kier molecular flexibility index (Phi) is 8.26. The van der Waals surface area contributed by atoms with E-state index < -0.39 is 11.4 Å². The van der Waals surface area contributed by atoms with Crippen LogP contribution in [0, 0.1) is 12.3 Å². The van der Waals surface area contributed by atoms with Crippen molar-refractivity contribution >= 4 is 17.3 Å². The van der Waals surface area contributed by atoms with Crippen LogP contribution < -0.4 is 4.74 Å². The monoisotopic (exact) mass is 471 g/mol. The van der Waals surface area contributed by atoms with Gasteiger partial charge >= 0.3 is 5.97 Å². The number of nitrogens with zero attached hydrogens (tertiary/aromatic N) is 3. The summed E-state index contributed by atoms with van der Waals surface area (Å²) in [6.45, 7) is 9.45. The van der Waals surface area contributed by atoms with Crippen LogP contribution in [0.2, 0.25) is 0 Å². The van der Waals surface area contributed by atoms with Crippen molar-refractivity contribution in [3.63, 3.8) is 0 Å². The van der Waals surface area contributed by atoms with Crippen molar-refractivity contribution in [2.45, 2.75) is 66.2 Å². The third-order valence-corrected chi connectivity index (χ3v) is 7.30. The molecule has 3 aromatic rings. The molecule has 0 spiro atoms. The number of hydrogen-bond acceptors (Lipinski definition) is 6. The highest BCUT2D eigenvalue weighted by Crippen LogP contribution is 2.43. The van der Waals surface area contributed by atoms with Crippen LogP contribution in [0.1, 0.15) is 59.7 Å². The molecule has 0 unspecified atom stereocenters. The number of carbonyl (C=O) groups is 1. The minimum atomic E-state index is -0.904. The standard InChI is InChI=1S/C25H33N3O4S/c1-6-28-14-20(26-27-28)9-12-22(25(3,4)24(29)30)23-13-19(17(2)33-23)16-32-15-18-7-10-21(31-5)11-8-18/h7-8,10-11,13-14,22H,6,9,12,15-16H2,1-5H3,(H,29,30)/t22-/m1/s1. The third kappa shape index (κ3) is 6.21. The largest absolute Gasteiger partial charge is 0.497 e. The smallest absolute Gasteiger partial charge is 0.309 e. The van der Waals surface area contributed by atoms with E-state index in [1.165, 1.54) is 0 Å². The van der Waals surface area contributed by atoms with Gasteiger partial charge in [-0.25, -0.2) is 0 Å². The number of carboxylic acid groups (broad SMARTS) is 1. The van der Waals surface area contributed by atoms with Gasteiger partial charge in [0.05, 0.1) is 31.4 Å². The summed E-state index contributed by atoms with van der Waals surface area (Å²) in [5, 5.41) is 18.3. The van der Waals surface area contributed by atoms with E-state index in [0.717, 1.165) is 38.9 Å². The van der Waals surface area contributed by atoms with Crippen molar-refractivity contribution in [2.75, 3.05) is 7.11 Å². The lowest BCUT2D eigenvalue weighted by Gasteiger charge is -2.29. The molecular formula is C25H33N3O4S. The van der Waals surface area contributed by atoms with Gasteiger partial charge in [0.1, 0.15) is 5.75 Å². The van der Waals surface area contributed by atoms with E-state index in [1.807, 2.05) is 37.4 Å². The predicted molar refractivity (Wildman–Crippen MR) is 129 cm³/mol. The van der Waals surface area contributed by atoms with Crippen molar-refractivity contribution in [2.24, 2.45) is 5.41 Å². The minimum absolute atomic E-state index is 0.138. The number of aliphatic carboxylic acids is 1. The number of aryl methyl sites for hydroxylation is 3. The van der Waals surface area contributed by atoms with Gasteiger partial charge in [0, 0.05) is 28.4 Å². The molecule has 0 aliphatic rings. The first-order valence-electron chi connectivity index (χ1n) is 11.2. The van der Waals surface area contributed by atoms with Crippen molar-refractivity contribution in [3.8, 4) is 5.75 Å². The fourth-order valence-electron chi connectivity index (χ4n) is 3.77. The number of ether oxygens (including phenoxy) is 2. The molecule has 8 heteroatoms. The number of benzene rings is 1. The van der Waals surface area contributed by atoms with Crippen LogP contribution in [-0.2, 0) is 35.7 Å². The number of thiophene rings is 1. The molecule has 0 aliphatic carbocycles. The topological polar surface area (TPSA) is 86.5 Å². The Bertz CT molecular complexity index is 1060. The van der Waals surface area contributed by atoms with Gasteiger partial charge in [-0.1, -0.05) is 17.3 Å². The summed E-state index contributed by atoms with van der Waals surface area (Å²) >= 11 is 1.66. The van der Waals surface area contributed by atoms with E-state index in [2.05, 4.69) is 23.3 Å². The molecule has 0 aliphatic heterocycles. The second kappa shape index (κ2) is 10.9. The summed E-state index contributed by atoms with van der Waals surface area (Å²) in [5.41, 5.74) is 2.17. The number of rotatable bonds is 12. The molecule has 2 heterocycles. The summed E-state index contributed by atoms with van der Waals surface area (Å²) < 4.78 is 12.9. The fraction of sp³-hybridized carbons (Fsp3) is 0.480. The van der Waals surface area contributed by atoms with E-state index in [1.54, 1.807) is 37.0 Å². The van der Waals surface area contributed by atoms with Crippen molar-refractivity contribution in [1.29, 1.82) is 0 Å². The van der Waals surface area contributed by atoms with Crippen LogP contribution in [-0.4, -0.2) is 33.2 Å². The van der Waals surface area contributed by atoms with E-state index in [9.17, 15) is 9.90 Å². The van der Waals surface area contributed by atoms with Gasteiger partial charge in [-0.15, -0.1) is 16.4 Å². The first-order chi connectivity index (χ1) is 15.7. The average Bonchev–Trinajstić information content (AvgIpc) is 3.40. The maximum absolute atomic E-state index is 12.1. The zero-order valence-electron chi connectivity index (χ0n) is 20.0. The Labute approximate surface area is 199 Å². The van der Waals surface area contributed by atoms with E-state index >= 15 is 0 Å². The molecule has 1 N–H and O–H groups in total. The van der Waals surface area contributed by atoms with Gasteiger partial charge in [0.25, 0.3) is 0 Å².